The predicted octanol–water partition coefficient (Wildman–Crippen LogP) is 1.50. The maximum absolute atomic E-state index is 13.1. The van der Waals surface area contributed by atoms with E-state index in [2.05, 4.69) is 15.6 Å². The van der Waals surface area contributed by atoms with Crippen LogP contribution in [0.1, 0.15) is 63.5 Å². The second kappa shape index (κ2) is 13.6. The number of carboxylic acids is 1. The van der Waals surface area contributed by atoms with Crippen LogP contribution in [0.4, 0.5) is 4.79 Å². The van der Waals surface area contributed by atoms with Gasteiger partial charge in [-0.15, -0.1) is 0 Å². The average molecular weight is 449 g/mol. The van der Waals surface area contributed by atoms with E-state index in [4.69, 9.17) is 11.6 Å². The monoisotopic (exact) mass is 448 g/mol. The Hall–Kier alpha value is -2.72. The van der Waals surface area contributed by atoms with Crippen LogP contribution in [0.2, 0.25) is 0 Å². The maximum Gasteiger partial charge on any atom is 0.326 e. The van der Waals surface area contributed by atoms with Gasteiger partial charge in [-0.2, -0.15) is 0 Å². The molecule has 0 unspecified atom stereocenters. The molecule has 0 radical (unpaired) electrons. The molecule has 0 bridgehead atoms. The number of nitrogens with one attached hydrogen (secondary N) is 2. The van der Waals surface area contributed by atoms with Crippen molar-refractivity contribution in [3.63, 3.8) is 0 Å². The largest absolute Gasteiger partial charge is 0.480 e. The van der Waals surface area contributed by atoms with Crippen molar-refractivity contribution in [3.8, 4) is 0 Å². The van der Waals surface area contributed by atoms with Gasteiger partial charge in [0.25, 0.3) is 5.91 Å². The van der Waals surface area contributed by atoms with E-state index in [0.29, 0.717) is 37.4 Å². The number of amides is 3. The lowest BCUT2D eigenvalue weighted by Crippen LogP contribution is -2.55. The topological polar surface area (TPSA) is 164 Å². The molecule has 7 N–H and O–H groups in total. The Morgan fingerprint density at radius 2 is 1.84 bits per heavy atom. The smallest absolute Gasteiger partial charge is 0.326 e. The minimum absolute atomic E-state index is 0.112. The van der Waals surface area contributed by atoms with Crippen LogP contribution in [0.15, 0.2) is 24.4 Å². The molecule has 10 nitrogen and oxygen atoms in total. The molecule has 2 atom stereocenters. The number of hydrazine groups is 1. The van der Waals surface area contributed by atoms with E-state index >= 15 is 0 Å². The van der Waals surface area contributed by atoms with Crippen molar-refractivity contribution in [2.45, 2.75) is 76.4 Å². The SMILES string of the molecule is NCCCC[C@H](NC(=O)N[C@H](CC1CCCCC1)C(=O)N(N)Cc1ccccn1)C(=O)O. The van der Waals surface area contributed by atoms with Crippen molar-refractivity contribution in [1.82, 2.24) is 20.6 Å². The van der Waals surface area contributed by atoms with Gasteiger partial charge in [-0.05, 0) is 50.3 Å². The van der Waals surface area contributed by atoms with Gasteiger partial charge in [-0.3, -0.25) is 14.8 Å². The van der Waals surface area contributed by atoms with Crippen LogP contribution >= 0.6 is 0 Å². The van der Waals surface area contributed by atoms with Crippen molar-refractivity contribution >= 4 is 17.9 Å². The average Bonchev–Trinajstić information content (AvgIpc) is 2.78. The van der Waals surface area contributed by atoms with Crippen LogP contribution < -0.4 is 22.2 Å². The van der Waals surface area contributed by atoms with E-state index in [-0.39, 0.29) is 13.0 Å². The Morgan fingerprint density at radius 3 is 2.47 bits per heavy atom. The number of carboxylic acid groups (broad SMARTS) is 1. The molecular weight excluding hydrogens is 412 g/mol. The Balaban J connectivity index is 2.03. The fourth-order valence-electron chi connectivity index (χ4n) is 4.03. The van der Waals surface area contributed by atoms with Gasteiger partial charge in [0.1, 0.15) is 12.1 Å². The molecule has 3 amide bonds. The van der Waals surface area contributed by atoms with E-state index in [1.54, 1.807) is 18.3 Å². The maximum atomic E-state index is 13.1. The zero-order valence-corrected chi connectivity index (χ0v) is 18.5. The zero-order chi connectivity index (χ0) is 23.3. The summed E-state index contributed by atoms with van der Waals surface area (Å²) in [6.07, 6.45) is 8.97. The number of urea groups is 1. The van der Waals surface area contributed by atoms with Crippen molar-refractivity contribution in [1.29, 1.82) is 0 Å². The minimum atomic E-state index is -1.12. The van der Waals surface area contributed by atoms with E-state index in [1.165, 1.54) is 6.42 Å². The summed E-state index contributed by atoms with van der Waals surface area (Å²) < 4.78 is 0. The van der Waals surface area contributed by atoms with Crippen molar-refractivity contribution in [3.05, 3.63) is 30.1 Å². The second-order valence-corrected chi connectivity index (χ2v) is 8.37. The van der Waals surface area contributed by atoms with Gasteiger partial charge in [0.05, 0.1) is 12.2 Å². The second-order valence-electron chi connectivity index (χ2n) is 8.37. The first-order valence-corrected chi connectivity index (χ1v) is 11.4. The lowest BCUT2D eigenvalue weighted by atomic mass is 9.84. The molecule has 0 aromatic carbocycles. The van der Waals surface area contributed by atoms with Gasteiger partial charge < -0.3 is 21.5 Å². The number of aliphatic carboxylic acids is 1. The highest BCUT2D eigenvalue weighted by atomic mass is 16.4. The molecule has 1 aromatic rings. The lowest BCUT2D eigenvalue weighted by molar-refractivity contribution is -0.139. The van der Waals surface area contributed by atoms with Crippen molar-refractivity contribution < 1.29 is 19.5 Å². The number of hydrogen-bond acceptors (Lipinski definition) is 6. The summed E-state index contributed by atoms with van der Waals surface area (Å²) in [7, 11) is 0. The van der Waals surface area contributed by atoms with Crippen molar-refractivity contribution in [2.75, 3.05) is 6.54 Å². The summed E-state index contributed by atoms with van der Waals surface area (Å²) in [5, 5.41) is 15.6. The number of carbonyl (C=O) groups excluding carboxylic acids is 2. The number of rotatable bonds is 12. The van der Waals surface area contributed by atoms with Gasteiger partial charge in [-0.1, -0.05) is 38.2 Å². The number of hydrogen-bond donors (Lipinski definition) is 5. The fraction of sp³-hybridized carbons (Fsp3) is 0.636. The molecule has 1 aromatic heterocycles. The third-order valence-electron chi connectivity index (χ3n) is 5.79. The Labute approximate surface area is 189 Å². The number of pyridine rings is 1. The molecule has 178 valence electrons. The first-order valence-electron chi connectivity index (χ1n) is 11.4. The summed E-state index contributed by atoms with van der Waals surface area (Å²) in [4.78, 5) is 41.4. The highest BCUT2D eigenvalue weighted by Crippen LogP contribution is 2.27. The summed E-state index contributed by atoms with van der Waals surface area (Å²) in [6.45, 7) is 0.570. The van der Waals surface area contributed by atoms with Crippen LogP contribution in [-0.4, -0.2) is 51.6 Å². The molecule has 1 heterocycles. The van der Waals surface area contributed by atoms with Crippen LogP contribution in [0.5, 0.6) is 0 Å². The number of nitrogens with zero attached hydrogens (tertiary/aromatic N) is 2. The summed E-state index contributed by atoms with van der Waals surface area (Å²) in [6, 6.07) is 2.77. The van der Waals surface area contributed by atoms with Gasteiger partial charge in [0.2, 0.25) is 0 Å². The van der Waals surface area contributed by atoms with E-state index in [0.717, 1.165) is 30.7 Å². The van der Waals surface area contributed by atoms with Crippen molar-refractivity contribution in [2.24, 2.45) is 17.5 Å². The first-order chi connectivity index (χ1) is 15.4. The quantitative estimate of drug-likeness (QED) is 0.140. The predicted molar refractivity (Wildman–Crippen MR) is 120 cm³/mol. The number of nitrogens with two attached hydrogens (primary N) is 2. The minimum Gasteiger partial charge on any atom is -0.480 e. The number of unbranched alkanes of at least 4 members (excludes halogenated alkanes) is 1. The summed E-state index contributed by atoms with van der Waals surface area (Å²) in [5.41, 5.74) is 6.09. The normalized spacial score (nSPS) is 16.1. The fourth-order valence-corrected chi connectivity index (χ4v) is 4.03. The van der Waals surface area contributed by atoms with Crippen LogP contribution in [0.3, 0.4) is 0 Å². The molecule has 10 heteroatoms. The van der Waals surface area contributed by atoms with E-state index in [1.807, 2.05) is 6.07 Å². The molecule has 1 aliphatic carbocycles. The third kappa shape index (κ3) is 8.80. The molecular formula is C22H36N6O4. The molecule has 1 fully saturated rings. The highest BCUT2D eigenvalue weighted by molar-refractivity contribution is 5.88. The summed E-state index contributed by atoms with van der Waals surface area (Å²) in [5.74, 6) is 4.79. The zero-order valence-electron chi connectivity index (χ0n) is 18.5. The van der Waals surface area contributed by atoms with Crippen LogP contribution in [0, 0.1) is 5.92 Å². The van der Waals surface area contributed by atoms with Gasteiger partial charge in [0.15, 0.2) is 0 Å². The Morgan fingerprint density at radius 1 is 1.12 bits per heavy atom. The molecule has 2 rings (SSSR count). The molecule has 0 saturated heterocycles. The van der Waals surface area contributed by atoms with Crippen LogP contribution in [0.25, 0.3) is 0 Å². The highest BCUT2D eigenvalue weighted by Gasteiger charge is 2.30. The summed E-state index contributed by atoms with van der Waals surface area (Å²) >= 11 is 0. The van der Waals surface area contributed by atoms with E-state index in [9.17, 15) is 19.5 Å². The van der Waals surface area contributed by atoms with E-state index < -0.39 is 30.0 Å². The van der Waals surface area contributed by atoms with Gasteiger partial charge in [-0.25, -0.2) is 15.4 Å². The molecule has 1 aliphatic rings. The third-order valence-corrected chi connectivity index (χ3v) is 5.79. The Kier molecular flexibility index (Phi) is 10.9. The van der Waals surface area contributed by atoms with Crippen LogP contribution in [-0.2, 0) is 16.1 Å². The molecule has 0 spiro atoms. The number of aromatic nitrogens is 1. The number of carbonyl (C=O) groups is 3. The molecule has 0 aliphatic heterocycles. The first kappa shape index (κ1) is 25.5. The van der Waals surface area contributed by atoms with Gasteiger partial charge in [0, 0.05) is 6.20 Å². The Bertz CT molecular complexity index is 726. The molecule has 32 heavy (non-hydrogen) atoms. The standard InChI is InChI=1S/C22H36N6O4/c23-12-6-4-11-18(21(30)31)26-22(32)27-19(14-16-8-2-1-3-9-16)20(29)28(24)15-17-10-5-7-13-25-17/h5,7,10,13,16,18-19H,1-4,6,8-9,11-12,14-15,23-24H2,(H,30,31)(H2,26,27,32)/t18-,19+/m0/s1. The molecule has 1 saturated carbocycles. The van der Waals surface area contributed by atoms with Gasteiger partial charge >= 0.3 is 12.0 Å². The lowest BCUT2D eigenvalue weighted by Gasteiger charge is -2.29.